The van der Waals surface area contributed by atoms with Crippen molar-refractivity contribution in [2.24, 2.45) is 5.92 Å². The summed E-state index contributed by atoms with van der Waals surface area (Å²) in [6, 6.07) is 0.386. The maximum absolute atomic E-state index is 12.5. The van der Waals surface area contributed by atoms with Gasteiger partial charge in [-0.3, -0.25) is 14.6 Å². The highest BCUT2D eigenvalue weighted by molar-refractivity contribution is 5.78. The summed E-state index contributed by atoms with van der Waals surface area (Å²) in [4.78, 5) is 43.8. The number of amides is 1. The summed E-state index contributed by atoms with van der Waals surface area (Å²) in [5.74, 6) is 0.192. The van der Waals surface area contributed by atoms with Gasteiger partial charge in [0, 0.05) is 37.5 Å². The van der Waals surface area contributed by atoms with Gasteiger partial charge in [-0.05, 0) is 39.3 Å². The maximum atomic E-state index is 12.5. The Hall–Kier alpha value is -1.93. The number of carbonyl (C=O) groups is 1. The minimum atomic E-state index is -0.577. The fourth-order valence-corrected chi connectivity index (χ4v) is 3.41. The molecule has 1 amide bonds. The Morgan fingerprint density at radius 3 is 2.79 bits per heavy atom. The lowest BCUT2D eigenvalue weighted by Crippen LogP contribution is -2.51. The third-order valence-corrected chi connectivity index (χ3v) is 4.68. The highest BCUT2D eigenvalue weighted by Gasteiger charge is 2.32. The zero-order chi connectivity index (χ0) is 17.7. The molecule has 1 aliphatic heterocycles. The first-order chi connectivity index (χ1) is 11.4. The number of H-pyrrole nitrogens is 2. The Labute approximate surface area is 140 Å². The largest absolute Gasteiger partial charge is 0.396 e. The summed E-state index contributed by atoms with van der Waals surface area (Å²) in [5, 5.41) is 9.08. The molecule has 0 unspecified atom stereocenters. The van der Waals surface area contributed by atoms with Crippen LogP contribution in [0.4, 0.5) is 0 Å². The Morgan fingerprint density at radius 2 is 2.17 bits per heavy atom. The Morgan fingerprint density at radius 1 is 1.42 bits per heavy atom. The van der Waals surface area contributed by atoms with Gasteiger partial charge in [-0.15, -0.1) is 0 Å². The van der Waals surface area contributed by atoms with E-state index in [1.54, 1.807) is 4.90 Å². The summed E-state index contributed by atoms with van der Waals surface area (Å²) >= 11 is 0. The van der Waals surface area contributed by atoms with Crippen LogP contribution in [0, 0.1) is 5.92 Å². The van der Waals surface area contributed by atoms with Crippen LogP contribution in [-0.2, 0) is 11.2 Å². The van der Waals surface area contributed by atoms with Crippen molar-refractivity contribution >= 4 is 5.91 Å². The number of nitrogens with zero attached hydrogens (tertiary/aromatic N) is 2. The van der Waals surface area contributed by atoms with Gasteiger partial charge in [0.2, 0.25) is 5.91 Å². The Balaban J connectivity index is 2.04. The van der Waals surface area contributed by atoms with E-state index >= 15 is 0 Å². The fourth-order valence-electron chi connectivity index (χ4n) is 3.41. The highest BCUT2D eigenvalue weighted by Crippen LogP contribution is 2.25. The molecular weight excluding hydrogens is 312 g/mol. The summed E-state index contributed by atoms with van der Waals surface area (Å²) in [6.45, 7) is 1.43. The van der Waals surface area contributed by atoms with Gasteiger partial charge >= 0.3 is 5.69 Å². The van der Waals surface area contributed by atoms with Crippen LogP contribution >= 0.6 is 0 Å². The molecule has 0 saturated carbocycles. The molecule has 1 fully saturated rings. The van der Waals surface area contributed by atoms with Crippen molar-refractivity contribution in [2.45, 2.75) is 31.7 Å². The van der Waals surface area contributed by atoms with E-state index in [1.165, 1.54) is 6.20 Å². The van der Waals surface area contributed by atoms with Gasteiger partial charge in [-0.25, -0.2) is 4.79 Å². The SMILES string of the molecule is CN(C)[C@H]1CCN(C(=O)Cc2c[nH]c(=O)[nH]c2=O)C[C@H]1CCCO. The van der Waals surface area contributed by atoms with Crippen LogP contribution in [0.25, 0.3) is 0 Å². The molecule has 134 valence electrons. The van der Waals surface area contributed by atoms with Crippen LogP contribution in [0.15, 0.2) is 15.8 Å². The van der Waals surface area contributed by atoms with Gasteiger partial charge in [0.25, 0.3) is 5.56 Å². The predicted octanol–water partition coefficient (Wildman–Crippen LogP) is -0.843. The zero-order valence-electron chi connectivity index (χ0n) is 14.2. The number of aliphatic hydroxyl groups excluding tert-OH is 1. The average Bonchev–Trinajstić information content (AvgIpc) is 2.55. The summed E-state index contributed by atoms with van der Waals surface area (Å²) in [6.07, 6.45) is 3.73. The van der Waals surface area contributed by atoms with E-state index in [9.17, 15) is 14.4 Å². The molecule has 0 spiro atoms. The molecular formula is C16H26N4O4. The standard InChI is InChI=1S/C16H26N4O4/c1-19(2)13-5-6-20(10-11(13)4-3-7-21)14(22)8-12-9-17-16(24)18-15(12)23/h9,11,13,21H,3-8,10H2,1-2H3,(H2,17,18,23,24)/t11-,13+/m1/s1. The van der Waals surface area contributed by atoms with Crippen LogP contribution in [-0.4, -0.2) is 70.6 Å². The van der Waals surface area contributed by atoms with Crippen LogP contribution in [0.3, 0.4) is 0 Å². The monoisotopic (exact) mass is 338 g/mol. The molecule has 0 aliphatic carbocycles. The molecule has 2 rings (SSSR count). The number of aromatic amines is 2. The highest BCUT2D eigenvalue weighted by atomic mass is 16.3. The van der Waals surface area contributed by atoms with E-state index < -0.39 is 11.2 Å². The van der Waals surface area contributed by atoms with E-state index in [0.29, 0.717) is 25.0 Å². The summed E-state index contributed by atoms with van der Waals surface area (Å²) in [5.41, 5.74) is -0.833. The van der Waals surface area contributed by atoms with Crippen molar-refractivity contribution in [1.29, 1.82) is 0 Å². The first-order valence-corrected chi connectivity index (χ1v) is 8.28. The van der Waals surface area contributed by atoms with Gasteiger partial charge < -0.3 is 19.9 Å². The first kappa shape index (κ1) is 18.4. The number of piperidine rings is 1. The van der Waals surface area contributed by atoms with Gasteiger partial charge in [-0.2, -0.15) is 0 Å². The van der Waals surface area contributed by atoms with Crippen molar-refractivity contribution < 1.29 is 9.90 Å². The number of likely N-dealkylation sites (tertiary alicyclic amines) is 1. The third kappa shape index (κ3) is 4.55. The van der Waals surface area contributed by atoms with Gasteiger partial charge in [0.1, 0.15) is 0 Å². The number of nitrogens with one attached hydrogen (secondary N) is 2. The van der Waals surface area contributed by atoms with E-state index in [4.69, 9.17) is 5.11 Å². The van der Waals surface area contributed by atoms with Crippen LogP contribution < -0.4 is 11.2 Å². The third-order valence-electron chi connectivity index (χ3n) is 4.68. The molecule has 1 aromatic rings. The smallest absolute Gasteiger partial charge is 0.325 e. The molecule has 2 atom stereocenters. The van der Waals surface area contributed by atoms with Gasteiger partial charge in [0.15, 0.2) is 0 Å². The minimum Gasteiger partial charge on any atom is -0.396 e. The van der Waals surface area contributed by atoms with E-state index in [-0.39, 0.29) is 24.5 Å². The lowest BCUT2D eigenvalue weighted by Gasteiger charge is -2.41. The molecule has 0 aromatic carbocycles. The second kappa shape index (κ2) is 8.25. The molecule has 2 heterocycles. The lowest BCUT2D eigenvalue weighted by molar-refractivity contribution is -0.133. The van der Waals surface area contributed by atoms with E-state index in [0.717, 1.165) is 19.3 Å². The second-order valence-electron chi connectivity index (χ2n) is 6.56. The normalized spacial score (nSPS) is 21.2. The number of hydrogen-bond acceptors (Lipinski definition) is 5. The van der Waals surface area contributed by atoms with Crippen LogP contribution in [0.5, 0.6) is 0 Å². The maximum Gasteiger partial charge on any atom is 0.325 e. The molecule has 1 aliphatic rings. The molecule has 8 heteroatoms. The second-order valence-corrected chi connectivity index (χ2v) is 6.56. The predicted molar refractivity (Wildman–Crippen MR) is 89.9 cm³/mol. The number of aromatic nitrogens is 2. The van der Waals surface area contributed by atoms with Gasteiger partial charge in [0.05, 0.1) is 6.42 Å². The molecule has 3 N–H and O–H groups in total. The zero-order valence-corrected chi connectivity index (χ0v) is 14.2. The van der Waals surface area contributed by atoms with Crippen molar-refractivity contribution in [3.63, 3.8) is 0 Å². The molecule has 8 nitrogen and oxygen atoms in total. The quantitative estimate of drug-likeness (QED) is 0.626. The lowest BCUT2D eigenvalue weighted by atomic mass is 9.87. The average molecular weight is 338 g/mol. The molecule has 1 aromatic heterocycles. The van der Waals surface area contributed by atoms with Crippen LogP contribution in [0.2, 0.25) is 0 Å². The number of rotatable bonds is 6. The van der Waals surface area contributed by atoms with E-state index in [1.807, 2.05) is 14.1 Å². The van der Waals surface area contributed by atoms with Crippen molar-refractivity contribution in [3.05, 3.63) is 32.6 Å². The molecule has 0 bridgehead atoms. The molecule has 24 heavy (non-hydrogen) atoms. The van der Waals surface area contributed by atoms with Crippen molar-refractivity contribution in [1.82, 2.24) is 19.8 Å². The van der Waals surface area contributed by atoms with Gasteiger partial charge in [-0.1, -0.05) is 0 Å². The fraction of sp³-hybridized carbons (Fsp3) is 0.688. The van der Waals surface area contributed by atoms with E-state index in [2.05, 4.69) is 14.9 Å². The minimum absolute atomic E-state index is 0.0224. The molecule has 1 saturated heterocycles. The van der Waals surface area contributed by atoms with Crippen molar-refractivity contribution in [2.75, 3.05) is 33.8 Å². The number of aliphatic hydroxyl groups is 1. The number of hydrogen-bond donors (Lipinski definition) is 3. The topological polar surface area (TPSA) is 110 Å². The van der Waals surface area contributed by atoms with Crippen LogP contribution in [0.1, 0.15) is 24.8 Å². The Bertz CT molecular complexity index is 667. The Kier molecular flexibility index (Phi) is 6.33. The summed E-state index contributed by atoms with van der Waals surface area (Å²) in [7, 11) is 4.07. The number of carbonyl (C=O) groups excluding carboxylic acids is 1. The molecule has 0 radical (unpaired) electrons. The first-order valence-electron chi connectivity index (χ1n) is 8.28. The van der Waals surface area contributed by atoms with Crippen molar-refractivity contribution in [3.8, 4) is 0 Å². The summed E-state index contributed by atoms with van der Waals surface area (Å²) < 4.78 is 0.